The molecule has 0 radical (unpaired) electrons. The van der Waals surface area contributed by atoms with Crippen LogP contribution in [0.15, 0.2) is 30.3 Å². The summed E-state index contributed by atoms with van der Waals surface area (Å²) in [6.07, 6.45) is 1.20. The maximum absolute atomic E-state index is 12.6. The number of benzene rings is 1. The third-order valence-corrected chi connectivity index (χ3v) is 5.63. The van der Waals surface area contributed by atoms with Crippen molar-refractivity contribution >= 4 is 11.9 Å². The van der Waals surface area contributed by atoms with Crippen LogP contribution in [-0.4, -0.2) is 17.5 Å². The van der Waals surface area contributed by atoms with Crippen LogP contribution in [0.25, 0.3) is 0 Å². The van der Waals surface area contributed by atoms with Crippen LogP contribution >= 0.6 is 0 Å². The molecular formula is C17H20O4. The monoisotopic (exact) mass is 288 g/mol. The van der Waals surface area contributed by atoms with Crippen molar-refractivity contribution < 1.29 is 19.1 Å². The molecule has 2 aliphatic rings. The zero-order valence-electron chi connectivity index (χ0n) is 12.6. The van der Waals surface area contributed by atoms with Crippen molar-refractivity contribution in [2.45, 2.75) is 45.8 Å². The van der Waals surface area contributed by atoms with Crippen molar-refractivity contribution in [3.8, 4) is 0 Å². The van der Waals surface area contributed by atoms with Gasteiger partial charge in [-0.3, -0.25) is 4.79 Å². The number of carbonyl (C=O) groups is 2. The highest BCUT2D eigenvalue weighted by atomic mass is 16.6. The molecule has 21 heavy (non-hydrogen) atoms. The molecule has 1 aromatic rings. The van der Waals surface area contributed by atoms with Crippen molar-refractivity contribution in [3.63, 3.8) is 0 Å². The van der Waals surface area contributed by atoms with Gasteiger partial charge in [0.15, 0.2) is 0 Å². The van der Waals surface area contributed by atoms with Gasteiger partial charge in [-0.25, -0.2) is 4.79 Å². The summed E-state index contributed by atoms with van der Waals surface area (Å²) in [6.45, 7) is 5.93. The molecule has 2 bridgehead atoms. The molecule has 1 aromatic carbocycles. The topological polar surface area (TPSA) is 52.6 Å². The Morgan fingerprint density at radius 3 is 2.38 bits per heavy atom. The first kappa shape index (κ1) is 14.1. The van der Waals surface area contributed by atoms with E-state index in [4.69, 9.17) is 9.47 Å². The highest BCUT2D eigenvalue weighted by Gasteiger charge is 2.76. The molecule has 4 nitrogen and oxygen atoms in total. The van der Waals surface area contributed by atoms with Crippen LogP contribution in [-0.2, 0) is 25.7 Å². The first-order valence-corrected chi connectivity index (χ1v) is 7.28. The molecule has 0 amide bonds. The molecule has 1 heterocycles. The van der Waals surface area contributed by atoms with E-state index in [9.17, 15) is 9.59 Å². The van der Waals surface area contributed by atoms with E-state index in [1.54, 1.807) is 0 Å². The summed E-state index contributed by atoms with van der Waals surface area (Å²) in [5.41, 5.74) is -1.36. The average Bonchev–Trinajstić information content (AvgIpc) is 2.76. The normalized spacial score (nSPS) is 32.8. The van der Waals surface area contributed by atoms with E-state index in [1.807, 2.05) is 51.1 Å². The van der Waals surface area contributed by atoms with Gasteiger partial charge in [-0.1, -0.05) is 44.2 Å². The van der Waals surface area contributed by atoms with Gasteiger partial charge < -0.3 is 9.47 Å². The van der Waals surface area contributed by atoms with Gasteiger partial charge in [0, 0.05) is 5.41 Å². The van der Waals surface area contributed by atoms with E-state index < -0.39 is 22.4 Å². The molecule has 112 valence electrons. The quantitative estimate of drug-likeness (QED) is 0.803. The zero-order valence-corrected chi connectivity index (χ0v) is 12.6. The van der Waals surface area contributed by atoms with Gasteiger partial charge in [-0.2, -0.15) is 0 Å². The van der Waals surface area contributed by atoms with E-state index in [0.717, 1.165) is 5.56 Å². The summed E-state index contributed by atoms with van der Waals surface area (Å²) < 4.78 is 10.9. The van der Waals surface area contributed by atoms with Crippen molar-refractivity contribution in [2.24, 2.45) is 10.8 Å². The van der Waals surface area contributed by atoms with Gasteiger partial charge in [0.2, 0.25) is 5.60 Å². The van der Waals surface area contributed by atoms with Crippen LogP contribution in [0.5, 0.6) is 0 Å². The summed E-state index contributed by atoms with van der Waals surface area (Å²) in [4.78, 5) is 24.7. The molecule has 1 aliphatic heterocycles. The Morgan fingerprint density at radius 1 is 1.19 bits per heavy atom. The third-order valence-electron chi connectivity index (χ3n) is 5.63. The fraction of sp³-hybridized carbons (Fsp3) is 0.529. The Balaban J connectivity index is 1.80. The van der Waals surface area contributed by atoms with Gasteiger partial charge in [0.05, 0.1) is 5.41 Å². The van der Waals surface area contributed by atoms with Crippen LogP contribution in [0.1, 0.15) is 39.2 Å². The highest BCUT2D eigenvalue weighted by molar-refractivity contribution is 5.93. The second-order valence-electron chi connectivity index (χ2n) is 6.74. The van der Waals surface area contributed by atoms with Gasteiger partial charge >= 0.3 is 11.9 Å². The Labute approximate surface area is 124 Å². The zero-order chi connectivity index (χ0) is 15.3. The largest absolute Gasteiger partial charge is 0.458 e. The van der Waals surface area contributed by atoms with E-state index in [-0.39, 0.29) is 12.6 Å². The van der Waals surface area contributed by atoms with Crippen molar-refractivity contribution in [1.29, 1.82) is 0 Å². The standard InChI is InChI=1S/C17H20O4/c1-15(2)16(3)9-10-17(15,21-13(16)18)14(19)20-11-12-7-5-4-6-8-12/h4-8H,9-11H2,1-3H3/t16-,17+/m0/s1. The predicted molar refractivity (Wildman–Crippen MR) is 76.2 cm³/mol. The first-order chi connectivity index (χ1) is 9.83. The SMILES string of the molecule is CC1(C)[C@@]2(C)CC[C@]1(C(=O)OCc1ccccc1)OC2=O. The van der Waals surface area contributed by atoms with Crippen molar-refractivity contribution in [2.75, 3.05) is 0 Å². The number of esters is 2. The molecule has 1 saturated carbocycles. The van der Waals surface area contributed by atoms with Crippen molar-refractivity contribution in [3.05, 3.63) is 35.9 Å². The Bertz CT molecular complexity index is 592. The second-order valence-corrected chi connectivity index (χ2v) is 6.74. The number of rotatable bonds is 3. The molecule has 1 aliphatic carbocycles. The van der Waals surface area contributed by atoms with E-state index in [0.29, 0.717) is 12.8 Å². The number of hydrogen-bond acceptors (Lipinski definition) is 4. The summed E-state index contributed by atoms with van der Waals surface area (Å²) in [7, 11) is 0. The predicted octanol–water partition coefficient (Wildman–Crippen LogP) is 2.85. The van der Waals surface area contributed by atoms with Gasteiger partial charge in [-0.05, 0) is 25.3 Å². The van der Waals surface area contributed by atoms with Crippen molar-refractivity contribution in [1.82, 2.24) is 0 Å². The Kier molecular flexibility index (Phi) is 2.91. The van der Waals surface area contributed by atoms with Crippen LogP contribution in [0.4, 0.5) is 0 Å². The Hall–Kier alpha value is -1.84. The van der Waals surface area contributed by atoms with E-state index >= 15 is 0 Å². The number of hydrogen-bond donors (Lipinski definition) is 0. The summed E-state index contributed by atoms with van der Waals surface area (Å²) in [5, 5.41) is 0. The lowest BCUT2D eigenvalue weighted by Crippen LogP contribution is -2.48. The lowest BCUT2D eigenvalue weighted by Gasteiger charge is -2.34. The fourth-order valence-corrected chi connectivity index (χ4v) is 3.54. The van der Waals surface area contributed by atoms with Crippen LogP contribution in [0.2, 0.25) is 0 Å². The van der Waals surface area contributed by atoms with Crippen LogP contribution in [0, 0.1) is 10.8 Å². The van der Waals surface area contributed by atoms with E-state index in [1.165, 1.54) is 0 Å². The molecule has 0 unspecified atom stereocenters. The minimum atomic E-state index is -1.13. The van der Waals surface area contributed by atoms with Crippen LogP contribution in [0.3, 0.4) is 0 Å². The Morgan fingerprint density at radius 2 is 1.86 bits per heavy atom. The molecule has 0 N–H and O–H groups in total. The first-order valence-electron chi connectivity index (χ1n) is 7.28. The third kappa shape index (κ3) is 1.68. The van der Waals surface area contributed by atoms with E-state index in [2.05, 4.69) is 0 Å². The minimum absolute atomic E-state index is 0.200. The molecule has 0 spiro atoms. The molecular weight excluding hydrogens is 268 g/mol. The molecule has 2 atom stereocenters. The molecule has 4 heteroatoms. The smallest absolute Gasteiger partial charge is 0.351 e. The molecule has 3 rings (SSSR count). The number of carbonyl (C=O) groups excluding carboxylic acids is 2. The fourth-order valence-electron chi connectivity index (χ4n) is 3.54. The maximum Gasteiger partial charge on any atom is 0.351 e. The summed E-state index contributed by atoms with van der Waals surface area (Å²) in [6, 6.07) is 9.50. The lowest BCUT2D eigenvalue weighted by atomic mass is 9.66. The maximum atomic E-state index is 12.6. The lowest BCUT2D eigenvalue weighted by molar-refractivity contribution is -0.184. The van der Waals surface area contributed by atoms with Gasteiger partial charge in [0.1, 0.15) is 6.61 Å². The van der Waals surface area contributed by atoms with Gasteiger partial charge in [0.25, 0.3) is 0 Å². The van der Waals surface area contributed by atoms with Crippen LogP contribution < -0.4 is 0 Å². The number of ether oxygens (including phenoxy) is 2. The summed E-state index contributed by atoms with van der Waals surface area (Å²) in [5.74, 6) is -0.707. The number of fused-ring (bicyclic) bond motifs is 2. The van der Waals surface area contributed by atoms with Gasteiger partial charge in [-0.15, -0.1) is 0 Å². The molecule has 0 aromatic heterocycles. The summed E-state index contributed by atoms with van der Waals surface area (Å²) >= 11 is 0. The minimum Gasteiger partial charge on any atom is -0.458 e. The molecule has 1 saturated heterocycles. The highest BCUT2D eigenvalue weighted by Crippen LogP contribution is 2.65. The average molecular weight is 288 g/mol. The molecule has 2 fully saturated rings. The second kappa shape index (κ2) is 4.33.